The maximum atomic E-state index is 11.6. The van der Waals surface area contributed by atoms with Gasteiger partial charge in [-0.05, 0) is 18.4 Å². The molecule has 0 aliphatic heterocycles. The molecule has 6 heteroatoms. The van der Waals surface area contributed by atoms with E-state index in [9.17, 15) is 9.59 Å². The molecule has 0 spiro atoms. The van der Waals surface area contributed by atoms with Crippen LogP contribution in [0, 0.1) is 18.3 Å². The highest BCUT2D eigenvalue weighted by atomic mass is 32.1. The molecule has 0 saturated heterocycles. The largest absolute Gasteiger partial charge is 0.333 e. The van der Waals surface area contributed by atoms with E-state index in [1.54, 1.807) is 12.1 Å². The number of thiophene rings is 1. The third-order valence-electron chi connectivity index (χ3n) is 2.15. The summed E-state index contributed by atoms with van der Waals surface area (Å²) in [5.74, 6) is 0. The van der Waals surface area contributed by atoms with Gasteiger partial charge in [-0.2, -0.15) is 5.26 Å². The summed E-state index contributed by atoms with van der Waals surface area (Å²) in [4.78, 5) is 25.8. The van der Waals surface area contributed by atoms with Gasteiger partial charge in [-0.15, -0.1) is 11.3 Å². The highest BCUT2D eigenvalue weighted by Crippen LogP contribution is 2.17. The van der Waals surface area contributed by atoms with Crippen LogP contribution in [-0.4, -0.2) is 9.55 Å². The van der Waals surface area contributed by atoms with Crippen molar-refractivity contribution in [3.63, 3.8) is 0 Å². The first kappa shape index (κ1) is 10.4. The highest BCUT2D eigenvalue weighted by Gasteiger charge is 2.08. The highest BCUT2D eigenvalue weighted by molar-refractivity contribution is 7.10. The minimum atomic E-state index is -0.656. The molecular formula is C10H7N3O2S. The molecule has 0 fully saturated rings. The topological polar surface area (TPSA) is 78.7 Å². The number of nitrogens with one attached hydrogen (secondary N) is 1. The predicted molar refractivity (Wildman–Crippen MR) is 60.0 cm³/mol. The van der Waals surface area contributed by atoms with Crippen molar-refractivity contribution >= 4 is 11.3 Å². The number of hydrogen-bond donors (Lipinski definition) is 1. The van der Waals surface area contributed by atoms with Gasteiger partial charge < -0.3 is 0 Å². The standard InChI is InChI=1S/C10H7N3O2S/c1-6-8(2-3-16-6)13-5-7(4-11)9(14)12-10(13)15/h2-3,5H,1H3,(H,12,14,15). The number of aromatic nitrogens is 2. The van der Waals surface area contributed by atoms with Gasteiger partial charge in [0.05, 0.1) is 5.69 Å². The summed E-state index contributed by atoms with van der Waals surface area (Å²) in [5.41, 5.74) is -0.588. The van der Waals surface area contributed by atoms with Crippen LogP contribution in [0.4, 0.5) is 0 Å². The van der Waals surface area contributed by atoms with Crippen molar-refractivity contribution in [2.45, 2.75) is 6.92 Å². The number of nitrogens with zero attached hydrogens (tertiary/aromatic N) is 2. The zero-order valence-corrected chi connectivity index (χ0v) is 9.17. The summed E-state index contributed by atoms with van der Waals surface area (Å²) >= 11 is 1.49. The van der Waals surface area contributed by atoms with E-state index in [0.717, 1.165) is 4.88 Å². The molecule has 0 aromatic carbocycles. The maximum absolute atomic E-state index is 11.6. The Morgan fingerprint density at radius 3 is 2.81 bits per heavy atom. The molecule has 2 heterocycles. The van der Waals surface area contributed by atoms with E-state index >= 15 is 0 Å². The summed E-state index contributed by atoms with van der Waals surface area (Å²) in [6.45, 7) is 1.86. The molecule has 5 nitrogen and oxygen atoms in total. The monoisotopic (exact) mass is 233 g/mol. The molecular weight excluding hydrogens is 226 g/mol. The van der Waals surface area contributed by atoms with Crippen molar-refractivity contribution in [1.82, 2.24) is 9.55 Å². The van der Waals surface area contributed by atoms with Crippen LogP contribution in [0.3, 0.4) is 0 Å². The molecule has 2 rings (SSSR count). The third-order valence-corrected chi connectivity index (χ3v) is 2.99. The van der Waals surface area contributed by atoms with Crippen LogP contribution in [0.2, 0.25) is 0 Å². The van der Waals surface area contributed by atoms with Gasteiger partial charge in [0.1, 0.15) is 11.6 Å². The van der Waals surface area contributed by atoms with E-state index in [1.807, 2.05) is 12.3 Å². The van der Waals surface area contributed by atoms with Crippen molar-refractivity contribution < 1.29 is 0 Å². The zero-order valence-electron chi connectivity index (χ0n) is 8.35. The van der Waals surface area contributed by atoms with Gasteiger partial charge >= 0.3 is 5.69 Å². The van der Waals surface area contributed by atoms with Crippen LogP contribution < -0.4 is 11.2 Å². The molecule has 2 aromatic heterocycles. The van der Waals surface area contributed by atoms with Crippen molar-refractivity contribution in [2.24, 2.45) is 0 Å². The van der Waals surface area contributed by atoms with Gasteiger partial charge in [0.25, 0.3) is 5.56 Å². The second-order valence-corrected chi connectivity index (χ2v) is 4.27. The fourth-order valence-electron chi connectivity index (χ4n) is 1.36. The SMILES string of the molecule is Cc1sccc1-n1cc(C#N)c(=O)[nH]c1=O. The quantitative estimate of drug-likeness (QED) is 0.790. The maximum Gasteiger partial charge on any atom is 0.333 e. The molecule has 80 valence electrons. The Labute approximate surface area is 94.2 Å². The molecule has 0 aliphatic rings. The number of aryl methyl sites for hydroxylation is 1. The van der Waals surface area contributed by atoms with Crippen molar-refractivity contribution in [3.05, 3.63) is 48.9 Å². The second kappa shape index (κ2) is 3.79. The van der Waals surface area contributed by atoms with E-state index in [1.165, 1.54) is 22.1 Å². The van der Waals surface area contributed by atoms with E-state index < -0.39 is 11.2 Å². The van der Waals surface area contributed by atoms with E-state index in [0.29, 0.717) is 5.69 Å². The first-order valence-electron chi connectivity index (χ1n) is 4.44. The summed E-state index contributed by atoms with van der Waals surface area (Å²) in [7, 11) is 0. The minimum absolute atomic E-state index is 0.0785. The summed E-state index contributed by atoms with van der Waals surface area (Å²) in [6, 6.07) is 3.51. The lowest BCUT2D eigenvalue weighted by Crippen LogP contribution is -2.30. The average Bonchev–Trinajstić information content (AvgIpc) is 2.65. The number of H-pyrrole nitrogens is 1. The molecule has 16 heavy (non-hydrogen) atoms. The van der Waals surface area contributed by atoms with Crippen LogP contribution in [-0.2, 0) is 0 Å². The molecule has 0 saturated carbocycles. The molecule has 0 bridgehead atoms. The Morgan fingerprint density at radius 1 is 1.50 bits per heavy atom. The lowest BCUT2D eigenvalue weighted by molar-refractivity contribution is 0.888. The number of nitriles is 1. The normalized spacial score (nSPS) is 10.0. The first-order chi connectivity index (χ1) is 7.63. The zero-order chi connectivity index (χ0) is 11.7. The lowest BCUT2D eigenvalue weighted by atomic mass is 10.3. The van der Waals surface area contributed by atoms with Crippen LogP contribution in [0.15, 0.2) is 27.2 Å². The Kier molecular flexibility index (Phi) is 2.46. The summed E-state index contributed by atoms with van der Waals surface area (Å²) < 4.78 is 1.27. The van der Waals surface area contributed by atoms with E-state index in [-0.39, 0.29) is 5.56 Å². The van der Waals surface area contributed by atoms with Gasteiger partial charge in [-0.25, -0.2) is 4.79 Å². The molecule has 0 atom stereocenters. The van der Waals surface area contributed by atoms with Crippen molar-refractivity contribution in [2.75, 3.05) is 0 Å². The number of aromatic amines is 1. The Hall–Kier alpha value is -2.13. The Balaban J connectivity index is 2.78. The lowest BCUT2D eigenvalue weighted by Gasteiger charge is -2.03. The summed E-state index contributed by atoms with van der Waals surface area (Å²) in [6.07, 6.45) is 1.26. The molecule has 0 aliphatic carbocycles. The Bertz CT molecular complexity index is 687. The number of hydrogen-bond acceptors (Lipinski definition) is 4. The van der Waals surface area contributed by atoms with Crippen molar-refractivity contribution in [1.29, 1.82) is 5.26 Å². The first-order valence-corrected chi connectivity index (χ1v) is 5.32. The molecule has 0 amide bonds. The fraction of sp³-hybridized carbons (Fsp3) is 0.100. The molecule has 0 unspecified atom stereocenters. The molecule has 0 radical (unpaired) electrons. The predicted octanol–water partition coefficient (Wildman–Crippen LogP) is 0.767. The van der Waals surface area contributed by atoms with Crippen LogP contribution in [0.5, 0.6) is 0 Å². The molecule has 1 N–H and O–H groups in total. The van der Waals surface area contributed by atoms with E-state index in [4.69, 9.17) is 5.26 Å². The number of rotatable bonds is 1. The van der Waals surface area contributed by atoms with Gasteiger partial charge in [-0.1, -0.05) is 0 Å². The van der Waals surface area contributed by atoms with Crippen LogP contribution in [0.1, 0.15) is 10.4 Å². The third kappa shape index (κ3) is 1.57. The smallest absolute Gasteiger partial charge is 0.273 e. The van der Waals surface area contributed by atoms with Gasteiger partial charge in [-0.3, -0.25) is 14.3 Å². The van der Waals surface area contributed by atoms with Crippen LogP contribution >= 0.6 is 11.3 Å². The van der Waals surface area contributed by atoms with Gasteiger partial charge in [0.2, 0.25) is 0 Å². The fourth-order valence-corrected chi connectivity index (χ4v) is 2.05. The molecule has 2 aromatic rings. The van der Waals surface area contributed by atoms with Gasteiger partial charge in [0, 0.05) is 11.1 Å². The average molecular weight is 233 g/mol. The van der Waals surface area contributed by atoms with Gasteiger partial charge in [0.15, 0.2) is 0 Å². The second-order valence-electron chi connectivity index (χ2n) is 3.15. The van der Waals surface area contributed by atoms with E-state index in [2.05, 4.69) is 4.98 Å². The summed E-state index contributed by atoms with van der Waals surface area (Å²) in [5, 5.41) is 10.6. The van der Waals surface area contributed by atoms with Crippen molar-refractivity contribution in [3.8, 4) is 11.8 Å². The van der Waals surface area contributed by atoms with Crippen LogP contribution in [0.25, 0.3) is 5.69 Å². The minimum Gasteiger partial charge on any atom is -0.273 e. The Morgan fingerprint density at radius 2 is 2.25 bits per heavy atom.